The van der Waals surface area contributed by atoms with Gasteiger partial charge in [0.25, 0.3) is 0 Å². The molecule has 3 rings (SSSR count). The topological polar surface area (TPSA) is 81.7 Å². The third-order valence-electron chi connectivity index (χ3n) is 6.19. The van der Waals surface area contributed by atoms with Crippen LogP contribution in [0.1, 0.15) is 33.6 Å². The number of hydrogen-bond acceptors (Lipinski definition) is 4. The Morgan fingerprint density at radius 2 is 1.73 bits per heavy atom. The Morgan fingerprint density at radius 3 is 2.27 bits per heavy atom. The van der Waals surface area contributed by atoms with Crippen molar-refractivity contribution in [2.45, 2.75) is 33.6 Å². The minimum Gasteiger partial charge on any atom is -0.293 e. The zero-order chi connectivity index (χ0) is 18.6. The van der Waals surface area contributed by atoms with Gasteiger partial charge in [0.2, 0.25) is 0 Å². The van der Waals surface area contributed by atoms with Crippen molar-refractivity contribution in [2.24, 2.45) is 22.2 Å². The molecule has 26 heavy (non-hydrogen) atoms. The van der Waals surface area contributed by atoms with Crippen LogP contribution in [0.2, 0.25) is 0 Å². The third-order valence-corrected chi connectivity index (χ3v) is 6.19. The molecule has 0 aromatic heterocycles. The summed E-state index contributed by atoms with van der Waals surface area (Å²) < 4.78 is 0. The highest BCUT2D eigenvalue weighted by Gasteiger charge is 2.59. The van der Waals surface area contributed by atoms with Crippen LogP contribution in [-0.2, 0) is 9.59 Å². The lowest BCUT2D eigenvalue weighted by molar-refractivity contribution is -0.130. The number of rotatable bonds is 0. The second-order valence-corrected chi connectivity index (χ2v) is 7.80. The number of carbonyl (C=O) groups excluding carboxylic acids is 2. The standard InChI is InChI=1S/C21H18N2O2.ClH/c1-5-21-7-6-16-19(2,3)18(25)14(12-23)9-20(16,4)17(21)8-15(24)13(10-21)11-22;/h1,8-10,16H,6-7H2,2-4H3;1H/t16-,20-,21-;/m0./s1. The number of hydrogen-bond donors (Lipinski definition) is 0. The molecule has 0 N–H and O–H groups in total. The Labute approximate surface area is 159 Å². The number of allylic oxidation sites excluding steroid dienone is 6. The highest BCUT2D eigenvalue weighted by atomic mass is 35.5. The van der Waals surface area contributed by atoms with Crippen molar-refractivity contribution < 1.29 is 9.59 Å². The quantitative estimate of drug-likeness (QED) is 0.615. The summed E-state index contributed by atoms with van der Waals surface area (Å²) in [5.41, 5.74) is -1.34. The molecule has 132 valence electrons. The van der Waals surface area contributed by atoms with E-state index in [1.54, 1.807) is 12.2 Å². The fourth-order valence-electron chi connectivity index (χ4n) is 4.96. The normalized spacial score (nSPS) is 34.3. The first-order chi connectivity index (χ1) is 11.7. The van der Waals surface area contributed by atoms with Gasteiger partial charge >= 0.3 is 0 Å². The number of ketones is 2. The molecule has 0 aliphatic heterocycles. The Balaban J connectivity index is 0.00000243. The van der Waals surface area contributed by atoms with Crippen molar-refractivity contribution in [3.8, 4) is 24.5 Å². The molecule has 3 aliphatic carbocycles. The molecular formula is C21H19ClN2O2. The number of halogens is 1. The molecule has 0 spiro atoms. The van der Waals surface area contributed by atoms with Crippen LogP contribution < -0.4 is 0 Å². The van der Waals surface area contributed by atoms with Gasteiger partial charge in [0.1, 0.15) is 12.1 Å². The van der Waals surface area contributed by atoms with E-state index in [-0.39, 0.29) is 41.0 Å². The largest absolute Gasteiger partial charge is 0.293 e. The minimum absolute atomic E-state index is 0. The van der Waals surface area contributed by atoms with Crippen LogP contribution in [0.3, 0.4) is 0 Å². The predicted molar refractivity (Wildman–Crippen MR) is 98.6 cm³/mol. The fraction of sp³-hybridized carbons (Fsp3) is 0.429. The Bertz CT molecular complexity index is 933. The Kier molecular flexibility index (Phi) is 4.53. The van der Waals surface area contributed by atoms with Gasteiger partial charge < -0.3 is 0 Å². The van der Waals surface area contributed by atoms with E-state index in [0.717, 1.165) is 5.57 Å². The molecule has 0 radical (unpaired) electrons. The van der Waals surface area contributed by atoms with Crippen molar-refractivity contribution in [1.82, 2.24) is 0 Å². The van der Waals surface area contributed by atoms with Crippen LogP contribution in [0.4, 0.5) is 0 Å². The van der Waals surface area contributed by atoms with E-state index in [0.29, 0.717) is 12.8 Å². The minimum atomic E-state index is -0.822. The van der Waals surface area contributed by atoms with E-state index < -0.39 is 16.2 Å². The predicted octanol–water partition coefficient (Wildman–Crippen LogP) is 3.46. The summed E-state index contributed by atoms with van der Waals surface area (Å²) in [4.78, 5) is 25.0. The molecule has 1 fully saturated rings. The van der Waals surface area contributed by atoms with E-state index in [1.165, 1.54) is 6.08 Å². The van der Waals surface area contributed by atoms with Gasteiger partial charge in [0, 0.05) is 10.8 Å². The van der Waals surface area contributed by atoms with Crippen LogP contribution in [0.15, 0.2) is 34.9 Å². The maximum Gasteiger partial charge on any atom is 0.196 e. The van der Waals surface area contributed by atoms with E-state index >= 15 is 0 Å². The highest BCUT2D eigenvalue weighted by molar-refractivity contribution is 6.09. The molecule has 0 bridgehead atoms. The van der Waals surface area contributed by atoms with Crippen molar-refractivity contribution in [1.29, 1.82) is 10.5 Å². The van der Waals surface area contributed by atoms with Gasteiger partial charge in [0.05, 0.1) is 16.6 Å². The lowest BCUT2D eigenvalue weighted by Gasteiger charge is -2.56. The summed E-state index contributed by atoms with van der Waals surface area (Å²) in [5.74, 6) is 2.19. The lowest BCUT2D eigenvalue weighted by atomic mass is 9.45. The Morgan fingerprint density at radius 1 is 1.12 bits per heavy atom. The van der Waals surface area contributed by atoms with Crippen molar-refractivity contribution >= 4 is 24.0 Å². The smallest absolute Gasteiger partial charge is 0.196 e. The SMILES string of the molecule is C#C[C@]12C=C(C#N)C(=O)C=C1[C@@]1(C)C=C(C#N)C(=O)C(C)(C)[C@@H]1CC2.Cl. The zero-order valence-corrected chi connectivity index (χ0v) is 15.7. The van der Waals surface area contributed by atoms with Crippen LogP contribution in [0, 0.1) is 57.2 Å². The monoisotopic (exact) mass is 366 g/mol. The van der Waals surface area contributed by atoms with Gasteiger partial charge in [-0.1, -0.05) is 32.8 Å². The molecule has 4 nitrogen and oxygen atoms in total. The summed E-state index contributed by atoms with van der Waals surface area (Å²) in [5, 5.41) is 18.6. The number of nitrogens with zero attached hydrogens (tertiary/aromatic N) is 2. The van der Waals surface area contributed by atoms with E-state index in [1.807, 2.05) is 32.9 Å². The number of fused-ring (bicyclic) bond motifs is 3. The number of terminal acetylenes is 1. The molecule has 0 aromatic rings. The van der Waals surface area contributed by atoms with Gasteiger partial charge in [-0.15, -0.1) is 18.8 Å². The van der Waals surface area contributed by atoms with Gasteiger partial charge in [-0.25, -0.2) is 0 Å². The van der Waals surface area contributed by atoms with E-state index in [4.69, 9.17) is 6.42 Å². The lowest BCUT2D eigenvalue weighted by Crippen LogP contribution is -2.53. The van der Waals surface area contributed by atoms with Crippen LogP contribution >= 0.6 is 12.4 Å². The molecule has 0 aromatic carbocycles. The number of carbonyl (C=O) groups is 2. The Hall–Kier alpha value is -2.61. The fourth-order valence-corrected chi connectivity index (χ4v) is 4.96. The van der Waals surface area contributed by atoms with Gasteiger partial charge in [-0.05, 0) is 36.5 Å². The highest BCUT2D eigenvalue weighted by Crippen LogP contribution is 2.63. The average Bonchev–Trinajstić information content (AvgIpc) is 2.58. The summed E-state index contributed by atoms with van der Waals surface area (Å²) in [6, 6.07) is 3.93. The molecule has 1 saturated carbocycles. The summed E-state index contributed by atoms with van der Waals surface area (Å²) in [7, 11) is 0. The molecule has 5 heteroatoms. The molecule has 0 unspecified atom stereocenters. The van der Waals surface area contributed by atoms with Crippen molar-refractivity contribution in [3.05, 3.63) is 34.9 Å². The van der Waals surface area contributed by atoms with Gasteiger partial charge in [0.15, 0.2) is 11.6 Å². The molecular weight excluding hydrogens is 348 g/mol. The van der Waals surface area contributed by atoms with E-state index in [2.05, 4.69) is 5.92 Å². The molecule has 3 aliphatic rings. The summed E-state index contributed by atoms with van der Waals surface area (Å²) in [6.45, 7) is 5.65. The van der Waals surface area contributed by atoms with Gasteiger partial charge in [-0.3, -0.25) is 9.59 Å². The molecule has 0 heterocycles. The third kappa shape index (κ3) is 2.28. The summed E-state index contributed by atoms with van der Waals surface area (Å²) in [6.07, 6.45) is 11.8. The number of Topliss-reactive ketones (excluding diaryl/α,β-unsaturated/α-hetero) is 1. The van der Waals surface area contributed by atoms with Crippen LogP contribution in [-0.4, -0.2) is 11.6 Å². The molecule has 3 atom stereocenters. The molecule has 0 amide bonds. The number of nitriles is 2. The van der Waals surface area contributed by atoms with Crippen molar-refractivity contribution in [3.63, 3.8) is 0 Å². The van der Waals surface area contributed by atoms with Crippen LogP contribution in [0.5, 0.6) is 0 Å². The van der Waals surface area contributed by atoms with Gasteiger partial charge in [-0.2, -0.15) is 10.5 Å². The van der Waals surface area contributed by atoms with Crippen LogP contribution in [0.25, 0.3) is 0 Å². The summed E-state index contributed by atoms with van der Waals surface area (Å²) >= 11 is 0. The first-order valence-electron chi connectivity index (χ1n) is 8.22. The average molecular weight is 367 g/mol. The first kappa shape index (κ1) is 19.7. The van der Waals surface area contributed by atoms with E-state index in [9.17, 15) is 20.1 Å². The zero-order valence-electron chi connectivity index (χ0n) is 14.9. The first-order valence-corrected chi connectivity index (χ1v) is 8.22. The second kappa shape index (κ2) is 5.98. The second-order valence-electron chi connectivity index (χ2n) is 7.80. The maximum absolute atomic E-state index is 12.7. The molecule has 0 saturated heterocycles. The maximum atomic E-state index is 12.7. The van der Waals surface area contributed by atoms with Crippen molar-refractivity contribution in [2.75, 3.05) is 0 Å².